The van der Waals surface area contributed by atoms with Gasteiger partial charge >= 0.3 is 5.69 Å². The third-order valence-corrected chi connectivity index (χ3v) is 5.14. The lowest BCUT2D eigenvalue weighted by molar-refractivity contribution is -0.116. The zero-order chi connectivity index (χ0) is 20.0. The molecular weight excluding hydrogens is 370 g/mol. The van der Waals surface area contributed by atoms with Crippen molar-refractivity contribution in [3.8, 4) is 11.4 Å². The highest BCUT2D eigenvalue weighted by Crippen LogP contribution is 2.36. The number of aryl methyl sites for hydroxylation is 1. The lowest BCUT2D eigenvalue weighted by Gasteiger charge is -2.08. The highest BCUT2D eigenvalue weighted by Gasteiger charge is 2.28. The zero-order valence-electron chi connectivity index (χ0n) is 15.8. The van der Waals surface area contributed by atoms with Gasteiger partial charge in [-0.25, -0.2) is 9.48 Å². The molecule has 2 heterocycles. The number of imidazole rings is 1. The molecule has 0 bridgehead atoms. The van der Waals surface area contributed by atoms with E-state index < -0.39 is 0 Å². The number of carbonyl (C=O) groups excluding carboxylic acids is 1. The van der Waals surface area contributed by atoms with Gasteiger partial charge in [0.1, 0.15) is 6.54 Å². The summed E-state index contributed by atoms with van der Waals surface area (Å²) in [5.41, 5.74) is 2.76. The zero-order valence-corrected chi connectivity index (χ0v) is 15.8. The van der Waals surface area contributed by atoms with Gasteiger partial charge in [-0.05, 0) is 47.5 Å². The van der Waals surface area contributed by atoms with Crippen molar-refractivity contribution in [2.45, 2.75) is 25.4 Å². The Morgan fingerprint density at radius 2 is 1.93 bits per heavy atom. The Morgan fingerprint density at radius 1 is 1.14 bits per heavy atom. The van der Waals surface area contributed by atoms with Crippen LogP contribution < -0.4 is 11.0 Å². The Bertz CT molecular complexity index is 1280. The molecule has 4 aromatic rings. The van der Waals surface area contributed by atoms with Crippen LogP contribution in [-0.2, 0) is 18.4 Å². The minimum absolute atomic E-state index is 0.0653. The molecule has 9 heteroatoms. The van der Waals surface area contributed by atoms with Gasteiger partial charge in [0.15, 0.2) is 5.82 Å². The Labute approximate surface area is 165 Å². The van der Waals surface area contributed by atoms with Crippen molar-refractivity contribution in [2.75, 3.05) is 5.32 Å². The van der Waals surface area contributed by atoms with Crippen LogP contribution in [0, 0.1) is 0 Å². The van der Waals surface area contributed by atoms with E-state index in [1.807, 2.05) is 47.1 Å². The van der Waals surface area contributed by atoms with Gasteiger partial charge in [-0.15, -0.1) is 5.10 Å². The van der Waals surface area contributed by atoms with Crippen LogP contribution in [-0.4, -0.2) is 35.2 Å². The van der Waals surface area contributed by atoms with Crippen LogP contribution in [0.4, 0.5) is 5.69 Å². The molecule has 2 aromatic carbocycles. The van der Waals surface area contributed by atoms with Crippen LogP contribution in [0.15, 0.2) is 53.3 Å². The molecule has 0 unspecified atom stereocenters. The number of para-hydroxylation sites is 2. The highest BCUT2D eigenvalue weighted by atomic mass is 16.2. The Balaban J connectivity index is 1.39. The molecule has 29 heavy (non-hydrogen) atoms. The third kappa shape index (κ3) is 3.10. The molecule has 9 nitrogen and oxygen atoms in total. The molecule has 5 rings (SSSR count). The predicted molar refractivity (Wildman–Crippen MR) is 107 cm³/mol. The quantitative estimate of drug-likeness (QED) is 0.563. The second-order valence-electron chi connectivity index (χ2n) is 7.22. The van der Waals surface area contributed by atoms with Gasteiger partial charge in [0.05, 0.1) is 17.1 Å². The number of carbonyl (C=O) groups is 1. The summed E-state index contributed by atoms with van der Waals surface area (Å²) < 4.78 is 4.85. The van der Waals surface area contributed by atoms with Gasteiger partial charge in [-0.1, -0.05) is 24.3 Å². The molecule has 2 aromatic heterocycles. The number of nitrogens with one attached hydrogen (secondary N) is 1. The third-order valence-electron chi connectivity index (χ3n) is 5.14. The van der Waals surface area contributed by atoms with E-state index in [-0.39, 0.29) is 18.1 Å². The summed E-state index contributed by atoms with van der Waals surface area (Å²) in [6.45, 7) is -0.0653. The number of fused-ring (bicyclic) bond motifs is 1. The average Bonchev–Trinajstić information content (AvgIpc) is 3.41. The summed E-state index contributed by atoms with van der Waals surface area (Å²) in [7, 11) is 1.70. The number of benzene rings is 2. The first-order valence-electron chi connectivity index (χ1n) is 9.44. The number of aromatic nitrogens is 6. The van der Waals surface area contributed by atoms with E-state index in [4.69, 9.17) is 0 Å². The molecule has 0 aliphatic heterocycles. The summed E-state index contributed by atoms with van der Waals surface area (Å²) in [6.07, 6.45) is 2.16. The minimum atomic E-state index is -0.276. The van der Waals surface area contributed by atoms with Crippen LogP contribution in [0.5, 0.6) is 0 Å². The molecule has 0 saturated heterocycles. The maximum atomic E-state index is 12.6. The second-order valence-corrected chi connectivity index (χ2v) is 7.22. The molecule has 1 aliphatic rings. The summed E-state index contributed by atoms with van der Waals surface area (Å²) in [5.74, 6) is 0.413. The molecule has 1 fully saturated rings. The van der Waals surface area contributed by atoms with Crippen molar-refractivity contribution >= 4 is 22.6 Å². The number of amides is 1. The van der Waals surface area contributed by atoms with E-state index in [0.717, 1.165) is 29.4 Å². The van der Waals surface area contributed by atoms with Crippen LogP contribution in [0.3, 0.4) is 0 Å². The molecule has 1 aliphatic carbocycles. The fraction of sp³-hybridized carbons (Fsp3) is 0.250. The standard InChI is InChI=1S/C20H19N7O2/c1-25-16-7-2-3-8-17(16)26(20(25)29)12-18(28)21-14-6-4-5-13(11-14)19-22-23-24-27(19)15-9-10-15/h2-8,11,15H,9-10,12H2,1H3,(H,21,28). The molecule has 0 atom stereocenters. The molecule has 146 valence electrons. The fourth-order valence-electron chi connectivity index (χ4n) is 3.54. The monoisotopic (exact) mass is 389 g/mol. The number of rotatable bonds is 5. The van der Waals surface area contributed by atoms with Gasteiger partial charge < -0.3 is 5.32 Å². The van der Waals surface area contributed by atoms with Gasteiger partial charge in [-0.3, -0.25) is 13.9 Å². The van der Waals surface area contributed by atoms with E-state index in [2.05, 4.69) is 20.8 Å². The highest BCUT2D eigenvalue weighted by molar-refractivity contribution is 5.92. The van der Waals surface area contributed by atoms with Crippen LogP contribution in [0.2, 0.25) is 0 Å². The molecule has 0 radical (unpaired) electrons. The van der Waals surface area contributed by atoms with Crippen molar-refractivity contribution in [2.24, 2.45) is 7.05 Å². The summed E-state index contributed by atoms with van der Waals surface area (Å²) in [4.78, 5) is 25.2. The Hall–Kier alpha value is -3.75. The first-order chi connectivity index (χ1) is 14.1. The number of anilines is 1. The number of hydrogen-bond acceptors (Lipinski definition) is 5. The topological polar surface area (TPSA) is 99.6 Å². The molecule has 0 spiro atoms. The van der Waals surface area contributed by atoms with Crippen molar-refractivity contribution in [1.29, 1.82) is 0 Å². The van der Waals surface area contributed by atoms with Crippen molar-refractivity contribution in [3.05, 3.63) is 59.0 Å². The van der Waals surface area contributed by atoms with Crippen molar-refractivity contribution < 1.29 is 4.79 Å². The minimum Gasteiger partial charge on any atom is -0.325 e. The predicted octanol–water partition coefficient (Wildman–Crippen LogP) is 1.97. The smallest absolute Gasteiger partial charge is 0.325 e. The number of tetrazole rings is 1. The van der Waals surface area contributed by atoms with E-state index in [1.54, 1.807) is 17.7 Å². The average molecular weight is 389 g/mol. The number of nitrogens with zero attached hydrogens (tertiary/aromatic N) is 6. The van der Waals surface area contributed by atoms with Crippen molar-refractivity contribution in [1.82, 2.24) is 29.3 Å². The normalized spacial score (nSPS) is 13.7. The van der Waals surface area contributed by atoms with E-state index in [0.29, 0.717) is 17.6 Å². The van der Waals surface area contributed by atoms with Crippen LogP contribution >= 0.6 is 0 Å². The SMILES string of the molecule is Cn1c(=O)n(CC(=O)Nc2cccc(-c3nnnn3C3CC3)c2)c2ccccc21. The largest absolute Gasteiger partial charge is 0.329 e. The molecule has 1 N–H and O–H groups in total. The lowest BCUT2D eigenvalue weighted by Crippen LogP contribution is -2.28. The Kier molecular flexibility index (Phi) is 4.01. The van der Waals surface area contributed by atoms with Gasteiger partial charge in [0.25, 0.3) is 0 Å². The van der Waals surface area contributed by atoms with E-state index >= 15 is 0 Å². The van der Waals surface area contributed by atoms with Crippen LogP contribution in [0.25, 0.3) is 22.4 Å². The van der Waals surface area contributed by atoms with E-state index in [1.165, 1.54) is 4.57 Å². The van der Waals surface area contributed by atoms with Crippen molar-refractivity contribution in [3.63, 3.8) is 0 Å². The first-order valence-corrected chi connectivity index (χ1v) is 9.44. The molecule has 1 saturated carbocycles. The maximum absolute atomic E-state index is 12.6. The summed E-state index contributed by atoms with van der Waals surface area (Å²) in [5, 5.41) is 14.8. The lowest BCUT2D eigenvalue weighted by atomic mass is 10.2. The summed E-state index contributed by atoms with van der Waals surface area (Å²) in [6, 6.07) is 15.2. The molecule has 1 amide bonds. The molecular formula is C20H19N7O2. The number of hydrogen-bond donors (Lipinski definition) is 1. The maximum Gasteiger partial charge on any atom is 0.329 e. The fourth-order valence-corrected chi connectivity index (χ4v) is 3.54. The first kappa shape index (κ1) is 17.4. The van der Waals surface area contributed by atoms with Gasteiger partial charge in [0, 0.05) is 18.3 Å². The van der Waals surface area contributed by atoms with E-state index in [9.17, 15) is 9.59 Å². The Morgan fingerprint density at radius 3 is 2.72 bits per heavy atom. The summed E-state index contributed by atoms with van der Waals surface area (Å²) >= 11 is 0. The van der Waals surface area contributed by atoms with Crippen LogP contribution in [0.1, 0.15) is 18.9 Å². The van der Waals surface area contributed by atoms with Gasteiger partial charge in [-0.2, -0.15) is 0 Å². The van der Waals surface area contributed by atoms with Gasteiger partial charge in [0.2, 0.25) is 5.91 Å². The second kappa shape index (κ2) is 6.69.